The van der Waals surface area contributed by atoms with Gasteiger partial charge in [-0.05, 0) is 55.7 Å². The Kier molecular flexibility index (Phi) is 12.3. The van der Waals surface area contributed by atoms with Gasteiger partial charge in [0.15, 0.2) is 0 Å². The molecule has 4 nitrogen and oxygen atoms in total. The molecule has 0 heterocycles. The van der Waals surface area contributed by atoms with Gasteiger partial charge in [-0.15, -0.1) is 0 Å². The van der Waals surface area contributed by atoms with E-state index in [0.29, 0.717) is 25.4 Å². The second kappa shape index (κ2) is 15.3. The van der Waals surface area contributed by atoms with E-state index >= 15 is 0 Å². The van der Waals surface area contributed by atoms with Crippen LogP contribution in [-0.4, -0.2) is 25.8 Å². The first-order valence-electron chi connectivity index (χ1n) is 12.2. The standard InChI is InChI=1S/C28H40O4/c1-4-5-6-7-8-9-10-11-15-18-32-28(29)25-21-23(2)27(24(3)22-25)31-20-19-30-26-16-13-12-14-17-26/h12-14,16-17,21-22H,4-11,15,18-20H2,1-3H3. The van der Waals surface area contributed by atoms with E-state index in [1.807, 2.05) is 56.3 Å². The first-order chi connectivity index (χ1) is 15.6. The molecule has 4 heteroatoms. The highest BCUT2D eigenvalue weighted by molar-refractivity contribution is 5.90. The monoisotopic (exact) mass is 440 g/mol. The summed E-state index contributed by atoms with van der Waals surface area (Å²) in [5.74, 6) is 1.38. The van der Waals surface area contributed by atoms with Gasteiger partial charge in [-0.25, -0.2) is 4.79 Å². The second-order valence-electron chi connectivity index (χ2n) is 8.41. The summed E-state index contributed by atoms with van der Waals surface area (Å²) in [4.78, 5) is 12.4. The highest BCUT2D eigenvalue weighted by Crippen LogP contribution is 2.25. The predicted octanol–water partition coefficient (Wildman–Crippen LogP) is 7.45. The molecule has 2 aromatic carbocycles. The maximum atomic E-state index is 12.4. The van der Waals surface area contributed by atoms with Crippen molar-refractivity contribution < 1.29 is 19.0 Å². The number of aryl methyl sites for hydroxylation is 2. The number of ether oxygens (including phenoxy) is 3. The van der Waals surface area contributed by atoms with Crippen LogP contribution >= 0.6 is 0 Å². The lowest BCUT2D eigenvalue weighted by molar-refractivity contribution is 0.0497. The quantitative estimate of drug-likeness (QED) is 0.201. The minimum absolute atomic E-state index is 0.255. The number of esters is 1. The summed E-state index contributed by atoms with van der Waals surface area (Å²) >= 11 is 0. The minimum Gasteiger partial charge on any atom is -0.490 e. The number of rotatable bonds is 16. The Bertz CT molecular complexity index is 762. The van der Waals surface area contributed by atoms with E-state index < -0.39 is 0 Å². The van der Waals surface area contributed by atoms with Crippen molar-refractivity contribution in [2.45, 2.75) is 78.6 Å². The van der Waals surface area contributed by atoms with Gasteiger partial charge < -0.3 is 14.2 Å². The van der Waals surface area contributed by atoms with Crippen molar-refractivity contribution in [2.75, 3.05) is 19.8 Å². The van der Waals surface area contributed by atoms with Crippen molar-refractivity contribution in [3.63, 3.8) is 0 Å². The largest absolute Gasteiger partial charge is 0.490 e. The lowest BCUT2D eigenvalue weighted by atomic mass is 10.1. The van der Waals surface area contributed by atoms with E-state index in [2.05, 4.69) is 6.92 Å². The maximum absolute atomic E-state index is 12.4. The number of carbonyl (C=O) groups excluding carboxylic acids is 1. The molecule has 0 saturated heterocycles. The van der Waals surface area contributed by atoms with Gasteiger partial charge in [0.05, 0.1) is 12.2 Å². The van der Waals surface area contributed by atoms with Crippen LogP contribution < -0.4 is 9.47 Å². The van der Waals surface area contributed by atoms with Crippen LogP contribution in [0.2, 0.25) is 0 Å². The van der Waals surface area contributed by atoms with Crippen molar-refractivity contribution in [1.29, 1.82) is 0 Å². The Morgan fingerprint density at radius 1 is 0.719 bits per heavy atom. The van der Waals surface area contributed by atoms with Crippen LogP contribution in [0.25, 0.3) is 0 Å². The van der Waals surface area contributed by atoms with Crippen LogP contribution in [-0.2, 0) is 4.74 Å². The molecule has 0 unspecified atom stereocenters. The van der Waals surface area contributed by atoms with Gasteiger partial charge in [-0.3, -0.25) is 0 Å². The van der Waals surface area contributed by atoms with E-state index in [4.69, 9.17) is 14.2 Å². The number of carbonyl (C=O) groups is 1. The summed E-state index contributed by atoms with van der Waals surface area (Å²) in [6, 6.07) is 13.4. The Morgan fingerprint density at radius 2 is 1.28 bits per heavy atom. The molecule has 0 fully saturated rings. The summed E-state index contributed by atoms with van der Waals surface area (Å²) < 4.78 is 17.1. The summed E-state index contributed by atoms with van der Waals surface area (Å²) in [5, 5.41) is 0. The van der Waals surface area contributed by atoms with Gasteiger partial charge in [0, 0.05) is 0 Å². The van der Waals surface area contributed by atoms with Crippen molar-refractivity contribution in [1.82, 2.24) is 0 Å². The highest BCUT2D eigenvalue weighted by atomic mass is 16.5. The third kappa shape index (κ3) is 9.76. The van der Waals surface area contributed by atoms with Gasteiger partial charge >= 0.3 is 5.97 Å². The zero-order chi connectivity index (χ0) is 23.0. The summed E-state index contributed by atoms with van der Waals surface area (Å²) in [7, 11) is 0. The Balaban J connectivity index is 1.66. The molecule has 2 aromatic rings. The van der Waals surface area contributed by atoms with Gasteiger partial charge in [-0.1, -0.05) is 76.5 Å². The zero-order valence-electron chi connectivity index (χ0n) is 20.2. The van der Waals surface area contributed by atoms with Crippen LogP contribution in [0.1, 0.15) is 86.2 Å². The molecule has 0 aliphatic carbocycles. The molecule has 0 aliphatic heterocycles. The van der Waals surface area contributed by atoms with Crippen molar-refractivity contribution in [3.05, 3.63) is 59.2 Å². The van der Waals surface area contributed by atoms with Crippen LogP contribution in [0.4, 0.5) is 0 Å². The molecule has 0 saturated carbocycles. The Hall–Kier alpha value is -2.49. The number of hydrogen-bond acceptors (Lipinski definition) is 4. The lowest BCUT2D eigenvalue weighted by Crippen LogP contribution is -2.12. The maximum Gasteiger partial charge on any atom is 0.338 e. The molecule has 0 spiro atoms. The summed E-state index contributed by atoms with van der Waals surface area (Å²) in [6.07, 6.45) is 11.2. The minimum atomic E-state index is -0.255. The second-order valence-corrected chi connectivity index (χ2v) is 8.41. The van der Waals surface area contributed by atoms with Gasteiger partial charge in [0.25, 0.3) is 0 Å². The third-order valence-electron chi connectivity index (χ3n) is 5.52. The summed E-state index contributed by atoms with van der Waals surface area (Å²) in [6.45, 7) is 7.55. The normalized spacial score (nSPS) is 10.7. The molecule has 0 atom stereocenters. The molecular weight excluding hydrogens is 400 g/mol. The average Bonchev–Trinajstić information content (AvgIpc) is 2.79. The van der Waals surface area contributed by atoms with Crippen LogP contribution in [0, 0.1) is 13.8 Å². The third-order valence-corrected chi connectivity index (χ3v) is 5.52. The smallest absolute Gasteiger partial charge is 0.338 e. The van der Waals surface area contributed by atoms with Crippen molar-refractivity contribution >= 4 is 5.97 Å². The highest BCUT2D eigenvalue weighted by Gasteiger charge is 2.13. The number of para-hydroxylation sites is 1. The first-order valence-corrected chi connectivity index (χ1v) is 12.2. The van der Waals surface area contributed by atoms with E-state index in [1.54, 1.807) is 0 Å². The molecule has 0 N–H and O–H groups in total. The molecule has 32 heavy (non-hydrogen) atoms. The number of hydrogen-bond donors (Lipinski definition) is 0. The van der Waals surface area contributed by atoms with Crippen LogP contribution in [0.15, 0.2) is 42.5 Å². The zero-order valence-corrected chi connectivity index (χ0v) is 20.2. The van der Waals surface area contributed by atoms with E-state index in [1.165, 1.54) is 44.9 Å². The SMILES string of the molecule is CCCCCCCCCCCOC(=O)c1cc(C)c(OCCOc2ccccc2)c(C)c1. The Morgan fingerprint density at radius 3 is 1.91 bits per heavy atom. The molecule has 0 aliphatic rings. The number of unbranched alkanes of at least 4 members (excludes halogenated alkanes) is 8. The fraction of sp³-hybridized carbons (Fsp3) is 0.536. The molecule has 176 valence electrons. The van der Waals surface area contributed by atoms with Gasteiger partial charge in [0.2, 0.25) is 0 Å². The summed E-state index contributed by atoms with van der Waals surface area (Å²) in [5.41, 5.74) is 2.45. The molecule has 0 aromatic heterocycles. The van der Waals surface area contributed by atoms with Crippen LogP contribution in [0.3, 0.4) is 0 Å². The van der Waals surface area contributed by atoms with Gasteiger partial charge in [-0.2, -0.15) is 0 Å². The first kappa shape index (κ1) is 25.8. The molecule has 0 bridgehead atoms. The van der Waals surface area contributed by atoms with Crippen LogP contribution in [0.5, 0.6) is 11.5 Å². The Labute approximate surface area is 194 Å². The van der Waals surface area contributed by atoms with E-state index in [-0.39, 0.29) is 5.97 Å². The van der Waals surface area contributed by atoms with Crippen molar-refractivity contribution in [3.8, 4) is 11.5 Å². The van der Waals surface area contributed by atoms with Gasteiger partial charge in [0.1, 0.15) is 24.7 Å². The number of benzene rings is 2. The van der Waals surface area contributed by atoms with E-state index in [9.17, 15) is 4.79 Å². The molecule has 2 rings (SSSR count). The predicted molar refractivity (Wildman–Crippen MR) is 131 cm³/mol. The molecule has 0 radical (unpaired) electrons. The van der Waals surface area contributed by atoms with E-state index in [0.717, 1.165) is 35.5 Å². The average molecular weight is 441 g/mol. The lowest BCUT2D eigenvalue weighted by Gasteiger charge is -2.14. The topological polar surface area (TPSA) is 44.8 Å². The van der Waals surface area contributed by atoms with Crippen molar-refractivity contribution in [2.24, 2.45) is 0 Å². The fourth-order valence-electron chi connectivity index (χ4n) is 3.78. The fourth-order valence-corrected chi connectivity index (χ4v) is 3.78. The molecular formula is C28H40O4. The molecule has 0 amide bonds.